The number of rotatable bonds is 6. The van der Waals surface area contributed by atoms with Gasteiger partial charge in [-0.05, 0) is 0 Å². The zero-order valence-electron chi connectivity index (χ0n) is 13.4. The first-order valence-corrected chi connectivity index (χ1v) is 8.85. The van der Waals surface area contributed by atoms with Gasteiger partial charge in [0, 0.05) is 0 Å². The van der Waals surface area contributed by atoms with Gasteiger partial charge >= 0.3 is 133 Å². The molecule has 4 heteroatoms. The number of hydrogen-bond acceptors (Lipinski definition) is 3. The van der Waals surface area contributed by atoms with E-state index in [0.29, 0.717) is 6.61 Å². The van der Waals surface area contributed by atoms with Crippen molar-refractivity contribution in [2.75, 3.05) is 6.61 Å². The molecule has 0 aliphatic carbocycles. The van der Waals surface area contributed by atoms with Crippen molar-refractivity contribution in [1.29, 1.82) is 0 Å². The van der Waals surface area contributed by atoms with E-state index in [1.807, 2.05) is 58.0 Å². The van der Waals surface area contributed by atoms with Crippen LogP contribution in [0.3, 0.4) is 0 Å². The molecule has 3 nitrogen and oxygen atoms in total. The predicted octanol–water partition coefficient (Wildman–Crippen LogP) is 2.76. The zero-order chi connectivity index (χ0) is 16.1. The standard InChI is InChI=1S/C17H24O3Se/c1-6-20-15(19)17(5,12-14(18)16(2,3)4)21-13-10-8-7-9-11-13/h7-11H,6,12H2,1-5H3. The van der Waals surface area contributed by atoms with Gasteiger partial charge in [0.2, 0.25) is 0 Å². The van der Waals surface area contributed by atoms with Gasteiger partial charge in [0.25, 0.3) is 0 Å². The number of hydrogen-bond donors (Lipinski definition) is 0. The van der Waals surface area contributed by atoms with Gasteiger partial charge in [-0.1, -0.05) is 0 Å². The van der Waals surface area contributed by atoms with Crippen LogP contribution in [0.5, 0.6) is 0 Å². The van der Waals surface area contributed by atoms with Crippen molar-refractivity contribution in [2.45, 2.75) is 45.4 Å². The summed E-state index contributed by atoms with van der Waals surface area (Å²) in [5, 5.41) is 0. The third-order valence-corrected chi connectivity index (χ3v) is 5.79. The normalized spacial score (nSPS) is 14.3. The molecule has 0 spiro atoms. The van der Waals surface area contributed by atoms with E-state index in [2.05, 4.69) is 0 Å². The van der Waals surface area contributed by atoms with Gasteiger partial charge in [-0.3, -0.25) is 0 Å². The molecule has 0 aromatic heterocycles. The second-order valence-corrected chi connectivity index (χ2v) is 9.52. The van der Waals surface area contributed by atoms with Gasteiger partial charge in [0.15, 0.2) is 0 Å². The maximum absolute atomic E-state index is 12.4. The maximum atomic E-state index is 12.4. The fourth-order valence-electron chi connectivity index (χ4n) is 1.75. The van der Waals surface area contributed by atoms with Crippen LogP contribution in [0.25, 0.3) is 0 Å². The number of carbonyl (C=O) groups is 2. The van der Waals surface area contributed by atoms with Crippen LogP contribution >= 0.6 is 0 Å². The zero-order valence-corrected chi connectivity index (χ0v) is 15.1. The van der Waals surface area contributed by atoms with Gasteiger partial charge in [-0.15, -0.1) is 0 Å². The van der Waals surface area contributed by atoms with E-state index in [1.165, 1.54) is 0 Å². The van der Waals surface area contributed by atoms with Crippen LogP contribution in [0, 0.1) is 5.41 Å². The molecule has 0 heterocycles. The van der Waals surface area contributed by atoms with E-state index in [-0.39, 0.29) is 33.1 Å². The Bertz CT molecular complexity index is 491. The molecule has 1 unspecified atom stereocenters. The van der Waals surface area contributed by atoms with Gasteiger partial charge in [-0.2, -0.15) is 0 Å². The Morgan fingerprint density at radius 3 is 2.14 bits per heavy atom. The Labute approximate surface area is 133 Å². The Hall–Kier alpha value is -1.12. The molecule has 0 N–H and O–H groups in total. The summed E-state index contributed by atoms with van der Waals surface area (Å²) in [6.07, 6.45) is 0.226. The molecule has 1 rings (SSSR count). The molecule has 0 aliphatic rings. The number of ether oxygens (including phenoxy) is 1. The van der Waals surface area contributed by atoms with Crippen molar-refractivity contribution < 1.29 is 14.3 Å². The molecule has 21 heavy (non-hydrogen) atoms. The molecular formula is C17H24O3Se. The van der Waals surface area contributed by atoms with Crippen LogP contribution in [0.2, 0.25) is 4.31 Å². The van der Waals surface area contributed by atoms with Crippen LogP contribution in [0.1, 0.15) is 41.0 Å². The Kier molecular flexibility index (Phi) is 6.18. The molecule has 0 aliphatic heterocycles. The van der Waals surface area contributed by atoms with Crippen molar-refractivity contribution in [3.05, 3.63) is 30.3 Å². The Balaban J connectivity index is 3.00. The first-order valence-electron chi connectivity index (χ1n) is 7.13. The van der Waals surface area contributed by atoms with E-state index in [9.17, 15) is 9.59 Å². The van der Waals surface area contributed by atoms with Gasteiger partial charge < -0.3 is 0 Å². The average Bonchev–Trinajstić information content (AvgIpc) is 2.38. The topological polar surface area (TPSA) is 43.4 Å². The minimum absolute atomic E-state index is 0.0934. The number of benzene rings is 1. The molecule has 0 saturated carbocycles. The summed E-state index contributed by atoms with van der Waals surface area (Å²) in [7, 11) is 0. The van der Waals surface area contributed by atoms with E-state index >= 15 is 0 Å². The molecular weight excluding hydrogens is 331 g/mol. The summed E-state index contributed by atoms with van der Waals surface area (Å²) < 4.78 is 5.56. The van der Waals surface area contributed by atoms with Gasteiger partial charge in [-0.25, -0.2) is 0 Å². The second kappa shape index (κ2) is 7.24. The van der Waals surface area contributed by atoms with E-state index < -0.39 is 9.73 Å². The van der Waals surface area contributed by atoms with Crippen molar-refractivity contribution in [2.24, 2.45) is 5.41 Å². The second-order valence-electron chi connectivity index (χ2n) is 6.22. The fourth-order valence-corrected chi connectivity index (χ4v) is 4.19. The summed E-state index contributed by atoms with van der Waals surface area (Å²) >= 11 is -0.151. The van der Waals surface area contributed by atoms with E-state index in [1.54, 1.807) is 6.92 Å². The van der Waals surface area contributed by atoms with Gasteiger partial charge in [0.1, 0.15) is 0 Å². The SMILES string of the molecule is CCOC(=O)C(C)(CC(=O)C(C)(C)C)[Se]c1ccccc1. The van der Waals surface area contributed by atoms with Gasteiger partial charge in [0.05, 0.1) is 0 Å². The monoisotopic (exact) mass is 356 g/mol. The van der Waals surface area contributed by atoms with Crippen LogP contribution in [0.4, 0.5) is 0 Å². The number of Topliss-reactive ketones (excluding diaryl/α,β-unsaturated/α-hetero) is 1. The quantitative estimate of drug-likeness (QED) is 0.582. The van der Waals surface area contributed by atoms with Crippen LogP contribution in [0.15, 0.2) is 30.3 Å². The molecule has 1 aromatic carbocycles. The van der Waals surface area contributed by atoms with Crippen molar-refractivity contribution in [1.82, 2.24) is 0 Å². The molecule has 116 valence electrons. The molecule has 0 fully saturated rings. The summed E-state index contributed by atoms with van der Waals surface area (Å²) in [6.45, 7) is 9.63. The van der Waals surface area contributed by atoms with Crippen LogP contribution in [-0.4, -0.2) is 33.3 Å². The number of esters is 1. The van der Waals surface area contributed by atoms with Crippen LogP contribution in [-0.2, 0) is 14.3 Å². The molecule has 0 radical (unpaired) electrons. The number of carbonyl (C=O) groups excluding carboxylic acids is 2. The van der Waals surface area contributed by atoms with E-state index in [4.69, 9.17) is 4.74 Å². The van der Waals surface area contributed by atoms with Crippen LogP contribution < -0.4 is 4.46 Å². The third kappa shape index (κ3) is 5.29. The molecule has 1 aromatic rings. The molecule has 1 atom stereocenters. The molecule has 0 bridgehead atoms. The third-order valence-electron chi connectivity index (χ3n) is 3.13. The summed E-state index contributed by atoms with van der Waals surface area (Å²) in [6, 6.07) is 9.85. The predicted molar refractivity (Wildman–Crippen MR) is 85.9 cm³/mol. The minimum atomic E-state index is -0.755. The van der Waals surface area contributed by atoms with Crippen molar-refractivity contribution in [3.8, 4) is 0 Å². The summed E-state index contributed by atoms with van der Waals surface area (Å²) in [4.78, 5) is 24.8. The fraction of sp³-hybridized carbons (Fsp3) is 0.529. The first-order chi connectivity index (χ1) is 9.69. The number of ketones is 1. The van der Waals surface area contributed by atoms with Crippen molar-refractivity contribution in [3.63, 3.8) is 0 Å². The Morgan fingerprint density at radius 1 is 1.10 bits per heavy atom. The van der Waals surface area contributed by atoms with Crippen molar-refractivity contribution >= 4 is 31.2 Å². The average molecular weight is 355 g/mol. The molecule has 0 amide bonds. The molecule has 0 saturated heterocycles. The summed E-state index contributed by atoms with van der Waals surface area (Å²) in [5.41, 5.74) is -0.444. The first kappa shape index (κ1) is 17.9. The van der Waals surface area contributed by atoms with E-state index in [0.717, 1.165) is 4.46 Å². The Morgan fingerprint density at radius 2 is 1.67 bits per heavy atom. The summed E-state index contributed by atoms with van der Waals surface area (Å²) in [5.74, 6) is -0.178.